The van der Waals surface area contributed by atoms with Gasteiger partial charge in [0, 0.05) is 68.1 Å². The average Bonchev–Trinajstić information content (AvgIpc) is 3.86. The zero-order chi connectivity index (χ0) is 60.9. The molecular formula is C51H80N18O11S2. The summed E-state index contributed by atoms with van der Waals surface area (Å²) in [5.74, 6) is -8.69. The number of nitrogens with two attached hydrogens (primary N) is 7. The number of guanidine groups is 3. The van der Waals surface area contributed by atoms with Crippen LogP contribution in [-0.4, -0.2) is 173 Å². The van der Waals surface area contributed by atoms with Crippen molar-refractivity contribution in [1.82, 2.24) is 42.2 Å². The van der Waals surface area contributed by atoms with Gasteiger partial charge in [-0.1, -0.05) is 50.1 Å². The SMILES string of the molecule is CCCC[C@H](NC(=O)[C@@H](N)CCCN=C(N)N)C(=O)N[C@@H](CS)C(=O)N[C@@H](CCCN=C(N)N)C(=O)N[C@H](Cc1ccc(O)cc1)C(=O)N[C@@H](CC(CN=C(N)N)OC)C(=O)N[C@@H](Cc1c[nH]c2ccccc12)C(=O)N[C@@H](CS)C(=O)O. The number of thiol groups is 2. The minimum atomic E-state index is -1.59. The number of phenolic OH excluding ortho intramolecular Hbond substituents is 1. The number of ether oxygens (including phenoxy) is 1. The van der Waals surface area contributed by atoms with Crippen molar-refractivity contribution in [1.29, 1.82) is 0 Å². The smallest absolute Gasteiger partial charge is 0.327 e. The molecule has 0 aliphatic heterocycles. The zero-order valence-electron chi connectivity index (χ0n) is 45.8. The first-order valence-electron chi connectivity index (χ1n) is 26.3. The van der Waals surface area contributed by atoms with Gasteiger partial charge in [0.05, 0.1) is 18.7 Å². The summed E-state index contributed by atoms with van der Waals surface area (Å²) >= 11 is 8.39. The predicted octanol–water partition coefficient (Wildman–Crippen LogP) is -3.70. The lowest BCUT2D eigenvalue weighted by molar-refractivity contribution is -0.141. The Morgan fingerprint density at radius 3 is 1.60 bits per heavy atom. The molecule has 0 saturated heterocycles. The highest BCUT2D eigenvalue weighted by atomic mass is 32.1. The van der Waals surface area contributed by atoms with E-state index in [1.54, 1.807) is 30.5 Å². The van der Waals surface area contributed by atoms with Gasteiger partial charge >= 0.3 is 5.97 Å². The Morgan fingerprint density at radius 1 is 0.585 bits per heavy atom. The quantitative estimate of drug-likeness (QED) is 0.0114. The van der Waals surface area contributed by atoms with Gasteiger partial charge < -0.3 is 97.3 Å². The summed E-state index contributed by atoms with van der Waals surface area (Å²) < 4.78 is 5.61. The highest BCUT2D eigenvalue weighted by Crippen LogP contribution is 2.20. The van der Waals surface area contributed by atoms with Crippen LogP contribution in [0.5, 0.6) is 5.75 Å². The number of aromatic nitrogens is 1. The van der Waals surface area contributed by atoms with Gasteiger partial charge in [-0.25, -0.2) is 4.79 Å². The number of fused-ring (bicyclic) bond motifs is 1. The van der Waals surface area contributed by atoms with Crippen LogP contribution in [0.15, 0.2) is 69.7 Å². The fraction of sp³-hybridized carbons (Fsp3) is 0.510. The van der Waals surface area contributed by atoms with E-state index in [0.29, 0.717) is 41.3 Å². The maximum absolute atomic E-state index is 14.8. The van der Waals surface area contributed by atoms with Crippen molar-refractivity contribution in [2.24, 2.45) is 55.1 Å². The summed E-state index contributed by atoms with van der Waals surface area (Å²) in [5, 5.41) is 38.9. The summed E-state index contributed by atoms with van der Waals surface area (Å²) in [5.41, 5.74) is 40.9. The molecular weight excluding hydrogens is 1100 g/mol. The molecule has 3 aromatic rings. The van der Waals surface area contributed by atoms with E-state index in [0.717, 1.165) is 0 Å². The lowest BCUT2D eigenvalue weighted by Crippen LogP contribution is -2.61. The van der Waals surface area contributed by atoms with Crippen LogP contribution < -0.4 is 77.4 Å². The second-order valence-corrected chi connectivity index (χ2v) is 19.8. The minimum absolute atomic E-state index is 0.00358. The van der Waals surface area contributed by atoms with Crippen LogP contribution in [0.3, 0.4) is 0 Å². The van der Waals surface area contributed by atoms with Gasteiger partial charge in [-0.2, -0.15) is 25.3 Å². The molecule has 82 heavy (non-hydrogen) atoms. The van der Waals surface area contributed by atoms with Crippen LogP contribution in [0.25, 0.3) is 10.9 Å². The normalized spacial score (nSPS) is 14.3. The number of carboxylic acids is 1. The molecule has 452 valence electrons. The molecule has 2 aromatic carbocycles. The van der Waals surface area contributed by atoms with Crippen LogP contribution >= 0.6 is 25.3 Å². The molecule has 1 aromatic heterocycles. The van der Waals surface area contributed by atoms with E-state index in [4.69, 9.17) is 44.9 Å². The molecule has 0 spiro atoms. The number of nitrogens with one attached hydrogen (secondary N) is 8. The Hall–Kier alpha value is -8.03. The second kappa shape index (κ2) is 35.6. The number of aliphatic carboxylic acids is 1. The molecule has 0 saturated carbocycles. The fourth-order valence-electron chi connectivity index (χ4n) is 8.15. The molecule has 0 fully saturated rings. The number of carbonyl (C=O) groups excluding carboxylic acids is 7. The molecule has 0 aliphatic carbocycles. The van der Waals surface area contributed by atoms with Gasteiger partial charge in [0.25, 0.3) is 0 Å². The third kappa shape index (κ3) is 24.0. The molecule has 29 nitrogen and oxygen atoms in total. The summed E-state index contributed by atoms with van der Waals surface area (Å²) in [4.78, 5) is 126. The van der Waals surface area contributed by atoms with Crippen molar-refractivity contribution in [2.75, 3.05) is 38.2 Å². The average molecular weight is 1190 g/mol. The number of nitrogens with zero attached hydrogens (tertiary/aromatic N) is 3. The number of amides is 7. The van der Waals surface area contributed by atoms with Crippen LogP contribution in [0.1, 0.15) is 69.4 Å². The van der Waals surface area contributed by atoms with Crippen molar-refractivity contribution < 1.29 is 53.3 Å². The van der Waals surface area contributed by atoms with Gasteiger partial charge in [-0.15, -0.1) is 0 Å². The van der Waals surface area contributed by atoms with E-state index < -0.39 is 102 Å². The zero-order valence-corrected chi connectivity index (χ0v) is 47.6. The number of aliphatic imine (C=N–C) groups is 3. The minimum Gasteiger partial charge on any atom is -0.508 e. The van der Waals surface area contributed by atoms with Gasteiger partial charge in [-0.3, -0.25) is 48.5 Å². The van der Waals surface area contributed by atoms with Crippen molar-refractivity contribution in [3.8, 4) is 5.75 Å². The van der Waals surface area contributed by atoms with Crippen LogP contribution in [0.2, 0.25) is 0 Å². The maximum Gasteiger partial charge on any atom is 0.327 e. The number of benzene rings is 2. The van der Waals surface area contributed by atoms with E-state index in [2.05, 4.69) is 82.4 Å². The van der Waals surface area contributed by atoms with Crippen LogP contribution in [0.4, 0.5) is 0 Å². The summed E-state index contributed by atoms with van der Waals surface area (Å²) in [6.45, 7) is 1.92. The lowest BCUT2D eigenvalue weighted by atomic mass is 10.0. The molecule has 0 aliphatic rings. The first-order valence-corrected chi connectivity index (χ1v) is 27.6. The predicted molar refractivity (Wildman–Crippen MR) is 316 cm³/mol. The van der Waals surface area contributed by atoms with E-state index in [1.807, 2.05) is 6.92 Å². The van der Waals surface area contributed by atoms with E-state index >= 15 is 0 Å². The van der Waals surface area contributed by atoms with Crippen LogP contribution in [-0.2, 0) is 55.9 Å². The number of hydrogen-bond acceptors (Lipinski definition) is 16. The molecule has 1 unspecified atom stereocenters. The van der Waals surface area contributed by atoms with Crippen molar-refractivity contribution in [2.45, 2.75) is 126 Å². The van der Waals surface area contributed by atoms with Gasteiger partial charge in [0.1, 0.15) is 48.0 Å². The number of unbranched alkanes of at least 4 members (excludes halogenated alkanes) is 1. The summed E-state index contributed by atoms with van der Waals surface area (Å²) in [6, 6.07) is 1.80. The fourth-order valence-corrected chi connectivity index (χ4v) is 8.65. The van der Waals surface area contributed by atoms with Gasteiger partial charge in [0.2, 0.25) is 41.4 Å². The number of para-hydroxylation sites is 1. The van der Waals surface area contributed by atoms with Gasteiger partial charge in [0.15, 0.2) is 17.9 Å². The van der Waals surface area contributed by atoms with E-state index in [9.17, 15) is 48.6 Å². The molecule has 3 rings (SSSR count). The molecule has 7 amide bonds. The molecule has 0 bridgehead atoms. The number of rotatable bonds is 37. The maximum atomic E-state index is 14.8. The standard InChI is InChI=1S/C51H80N18O11S2/c1-3-4-11-34(63-41(71)32(52)10-7-18-59-49(53)54)43(73)68-39(25-81)47(77)64-35(13-8-19-60-50(55)56)42(72)65-36(20-27-14-16-29(70)17-15-27)44(74)67-38(22-30(80-2)24-62-51(57)58)46(76)66-37(45(75)69-40(26-82)48(78)79)21-28-23-61-33-12-6-5-9-31(28)33/h5-6,9,12,14-17,23,30,32,34-40,61,70,81-82H,3-4,7-8,10-11,13,18-22,24-26,52H2,1-2H3,(H,63,71)(H,64,77)(H,65,72)(H,66,76)(H,67,74)(H,68,73)(H,69,75)(H,78,79)(H4,53,54,59)(H4,55,56,60)(H4,57,58,62)/t30?,32-,34-,35-,36+,37-,38-,39-,40-/m0/s1. The van der Waals surface area contributed by atoms with Crippen molar-refractivity contribution >= 4 is 101 Å². The Labute approximate surface area is 485 Å². The first kappa shape index (κ1) is 68.2. The van der Waals surface area contributed by atoms with E-state index in [-0.39, 0.29) is 99.7 Å². The number of aromatic amines is 1. The third-order valence-electron chi connectivity index (χ3n) is 12.7. The number of hydrogen-bond donors (Lipinski definition) is 19. The number of carbonyl (C=O) groups is 8. The number of aromatic hydroxyl groups is 1. The van der Waals surface area contributed by atoms with Crippen molar-refractivity contribution in [3.63, 3.8) is 0 Å². The highest BCUT2D eigenvalue weighted by Gasteiger charge is 2.36. The van der Waals surface area contributed by atoms with Gasteiger partial charge in [-0.05, 0) is 61.4 Å². The van der Waals surface area contributed by atoms with E-state index in [1.165, 1.54) is 31.4 Å². The van der Waals surface area contributed by atoms with Crippen molar-refractivity contribution in [3.05, 3.63) is 65.9 Å². The molecule has 31 heteroatoms. The lowest BCUT2D eigenvalue weighted by Gasteiger charge is -2.29. The Kier molecular flexibility index (Phi) is 29.7. The molecule has 9 atom stereocenters. The first-order chi connectivity index (χ1) is 39.0. The number of methoxy groups -OCH3 is 1. The summed E-state index contributed by atoms with van der Waals surface area (Å²) in [6.07, 6.45) is 1.81. The molecule has 1 heterocycles. The topological polar surface area (TPSA) is 505 Å². The summed E-state index contributed by atoms with van der Waals surface area (Å²) in [7, 11) is 1.31. The molecule has 24 N–H and O–H groups in total. The highest BCUT2D eigenvalue weighted by molar-refractivity contribution is 7.80. The molecule has 0 radical (unpaired) electrons. The number of carboxylic acid groups (broad SMARTS) is 1. The largest absolute Gasteiger partial charge is 0.508 e. The Balaban J connectivity index is 2.03. The monoisotopic (exact) mass is 1180 g/mol. The number of H-pyrrole nitrogens is 1. The third-order valence-corrected chi connectivity index (χ3v) is 13.4. The second-order valence-electron chi connectivity index (χ2n) is 19.1. The number of phenols is 1. The Morgan fingerprint density at radius 2 is 1.05 bits per heavy atom. The Bertz CT molecular complexity index is 2680. The van der Waals surface area contributed by atoms with Crippen LogP contribution in [0, 0.1) is 0 Å².